The lowest BCUT2D eigenvalue weighted by Crippen LogP contribution is -2.39. The Hall–Kier alpha value is -2.26. The number of thiazole rings is 1. The summed E-state index contributed by atoms with van der Waals surface area (Å²) in [5.41, 5.74) is 2.04. The van der Waals surface area contributed by atoms with Crippen LogP contribution >= 0.6 is 22.9 Å². The number of amides is 1. The number of nitrogens with one attached hydrogen (secondary N) is 1. The Balaban J connectivity index is 1.39. The number of carbonyl (C=O) groups is 1. The van der Waals surface area contributed by atoms with Crippen LogP contribution in [0.3, 0.4) is 0 Å². The van der Waals surface area contributed by atoms with Crippen molar-refractivity contribution in [3.8, 4) is 10.6 Å². The molecular weight excluding hydrogens is 466 g/mol. The minimum Gasteiger partial charge on any atom is -0.326 e. The first kappa shape index (κ1) is 22.9. The Morgan fingerprint density at radius 1 is 1.22 bits per heavy atom. The highest BCUT2D eigenvalue weighted by Gasteiger charge is 2.28. The van der Waals surface area contributed by atoms with Crippen molar-refractivity contribution in [2.24, 2.45) is 5.92 Å². The highest BCUT2D eigenvalue weighted by molar-refractivity contribution is 7.89. The van der Waals surface area contributed by atoms with Crippen molar-refractivity contribution in [2.45, 2.75) is 31.1 Å². The largest absolute Gasteiger partial charge is 0.326 e. The van der Waals surface area contributed by atoms with Crippen molar-refractivity contribution < 1.29 is 13.2 Å². The third-order valence-corrected chi connectivity index (χ3v) is 8.53. The number of hydrogen-bond acceptors (Lipinski definition) is 5. The Kier molecular flexibility index (Phi) is 6.95. The van der Waals surface area contributed by atoms with Crippen LogP contribution in [0.1, 0.15) is 25.5 Å². The molecule has 0 aliphatic carbocycles. The summed E-state index contributed by atoms with van der Waals surface area (Å²) in [5, 5.41) is 6.03. The highest BCUT2D eigenvalue weighted by Crippen LogP contribution is 2.30. The predicted octanol–water partition coefficient (Wildman–Crippen LogP) is 5.07. The van der Waals surface area contributed by atoms with Crippen molar-refractivity contribution in [3.05, 3.63) is 64.6 Å². The minimum atomic E-state index is -3.51. The molecule has 32 heavy (non-hydrogen) atoms. The zero-order chi connectivity index (χ0) is 22.7. The molecule has 0 radical (unpaired) electrons. The Labute approximate surface area is 197 Å². The predicted molar refractivity (Wildman–Crippen MR) is 128 cm³/mol. The normalized spacial score (nSPS) is 17.2. The number of anilines is 1. The molecule has 9 heteroatoms. The zero-order valence-electron chi connectivity index (χ0n) is 17.6. The quantitative estimate of drug-likeness (QED) is 0.524. The first-order valence-corrected chi connectivity index (χ1v) is 13.1. The molecule has 1 aromatic heterocycles. The van der Waals surface area contributed by atoms with Crippen molar-refractivity contribution >= 4 is 44.6 Å². The summed E-state index contributed by atoms with van der Waals surface area (Å²) >= 11 is 7.66. The molecule has 0 spiro atoms. The molecule has 1 amide bonds. The zero-order valence-corrected chi connectivity index (χ0v) is 20.0. The number of piperidine rings is 1. The molecule has 6 nitrogen and oxygen atoms in total. The van der Waals surface area contributed by atoms with Crippen molar-refractivity contribution in [1.29, 1.82) is 0 Å². The van der Waals surface area contributed by atoms with Crippen LogP contribution in [0.4, 0.5) is 5.69 Å². The molecule has 0 bridgehead atoms. The maximum Gasteiger partial charge on any atom is 0.243 e. The second kappa shape index (κ2) is 9.70. The van der Waals surface area contributed by atoms with Gasteiger partial charge >= 0.3 is 0 Å². The van der Waals surface area contributed by atoms with E-state index in [1.807, 2.05) is 23.6 Å². The van der Waals surface area contributed by atoms with Crippen LogP contribution in [0, 0.1) is 5.92 Å². The number of halogens is 1. The van der Waals surface area contributed by atoms with Crippen LogP contribution in [-0.4, -0.2) is 36.7 Å². The van der Waals surface area contributed by atoms with E-state index in [0.29, 0.717) is 35.4 Å². The van der Waals surface area contributed by atoms with E-state index in [-0.39, 0.29) is 17.2 Å². The van der Waals surface area contributed by atoms with Gasteiger partial charge in [0.05, 0.1) is 22.0 Å². The van der Waals surface area contributed by atoms with Crippen LogP contribution in [0.5, 0.6) is 0 Å². The average Bonchev–Trinajstić information content (AvgIpc) is 3.22. The van der Waals surface area contributed by atoms with Gasteiger partial charge in [-0.1, -0.05) is 36.7 Å². The van der Waals surface area contributed by atoms with Gasteiger partial charge < -0.3 is 5.32 Å². The fourth-order valence-corrected chi connectivity index (χ4v) is 6.48. The summed E-state index contributed by atoms with van der Waals surface area (Å²) in [6, 6.07) is 13.8. The molecule has 1 N–H and O–H groups in total. The average molecular weight is 490 g/mol. The van der Waals surface area contributed by atoms with Gasteiger partial charge in [-0.05, 0) is 49.1 Å². The monoisotopic (exact) mass is 489 g/mol. The minimum absolute atomic E-state index is 0.118. The standard InChI is InChI=1S/C23H24ClN3O3S2/c1-16-5-4-12-27(14-16)32(29,30)19-10-8-17(9-11-19)25-22(28)13-18-15-31-23(26-18)20-6-2-3-7-21(20)24/h2-3,6-11,15-16H,4-5,12-14H2,1H3,(H,25,28). The molecule has 1 atom stereocenters. The maximum atomic E-state index is 12.9. The number of hydrogen-bond donors (Lipinski definition) is 1. The van der Waals surface area contributed by atoms with E-state index >= 15 is 0 Å². The summed E-state index contributed by atoms with van der Waals surface area (Å²) in [5.74, 6) is 0.141. The smallest absolute Gasteiger partial charge is 0.243 e. The number of carbonyl (C=O) groups excluding carboxylic acids is 1. The Bertz CT molecular complexity index is 1210. The van der Waals surface area contributed by atoms with E-state index in [9.17, 15) is 13.2 Å². The highest BCUT2D eigenvalue weighted by atomic mass is 35.5. The first-order valence-electron chi connectivity index (χ1n) is 10.4. The van der Waals surface area contributed by atoms with E-state index in [4.69, 9.17) is 11.6 Å². The van der Waals surface area contributed by atoms with Crippen LogP contribution < -0.4 is 5.32 Å². The molecule has 1 saturated heterocycles. The lowest BCUT2D eigenvalue weighted by molar-refractivity contribution is -0.115. The molecule has 3 aromatic rings. The van der Waals surface area contributed by atoms with Gasteiger partial charge in [0, 0.05) is 29.7 Å². The number of rotatable bonds is 6. The fraction of sp³-hybridized carbons (Fsp3) is 0.304. The van der Waals surface area contributed by atoms with E-state index in [2.05, 4.69) is 17.2 Å². The van der Waals surface area contributed by atoms with Crippen molar-refractivity contribution in [3.63, 3.8) is 0 Å². The van der Waals surface area contributed by atoms with E-state index in [0.717, 1.165) is 23.4 Å². The molecule has 168 valence electrons. The Morgan fingerprint density at radius 3 is 2.69 bits per heavy atom. The second-order valence-electron chi connectivity index (χ2n) is 7.98. The second-order valence-corrected chi connectivity index (χ2v) is 11.2. The van der Waals surface area contributed by atoms with Gasteiger partial charge in [0.1, 0.15) is 5.01 Å². The summed E-state index contributed by atoms with van der Waals surface area (Å²) in [4.78, 5) is 17.2. The number of sulfonamides is 1. The molecule has 1 unspecified atom stereocenters. The molecule has 2 aromatic carbocycles. The molecule has 2 heterocycles. The SMILES string of the molecule is CC1CCCN(S(=O)(=O)c2ccc(NC(=O)Cc3csc(-c4ccccc4Cl)n3)cc2)C1. The molecule has 4 rings (SSSR count). The van der Waals surface area contributed by atoms with Gasteiger partial charge in [0.2, 0.25) is 15.9 Å². The third kappa shape index (κ3) is 5.20. The van der Waals surface area contributed by atoms with Gasteiger partial charge in [-0.15, -0.1) is 11.3 Å². The molecule has 1 aliphatic heterocycles. The van der Waals surface area contributed by atoms with Gasteiger partial charge in [-0.3, -0.25) is 4.79 Å². The van der Waals surface area contributed by atoms with Gasteiger partial charge in [0.25, 0.3) is 0 Å². The lowest BCUT2D eigenvalue weighted by atomic mass is 10.0. The lowest BCUT2D eigenvalue weighted by Gasteiger charge is -2.30. The molecule has 1 fully saturated rings. The molecule has 1 aliphatic rings. The van der Waals surface area contributed by atoms with Crippen molar-refractivity contribution in [2.75, 3.05) is 18.4 Å². The van der Waals surface area contributed by atoms with E-state index in [1.165, 1.54) is 11.3 Å². The number of benzene rings is 2. The summed E-state index contributed by atoms with van der Waals surface area (Å²) in [7, 11) is -3.51. The van der Waals surface area contributed by atoms with E-state index < -0.39 is 10.0 Å². The van der Waals surface area contributed by atoms with Crippen LogP contribution in [-0.2, 0) is 21.2 Å². The van der Waals surface area contributed by atoms with Gasteiger partial charge in [-0.2, -0.15) is 4.31 Å². The van der Waals surface area contributed by atoms with Crippen LogP contribution in [0.25, 0.3) is 10.6 Å². The first-order chi connectivity index (χ1) is 15.3. The summed E-state index contributed by atoms with van der Waals surface area (Å²) in [6.45, 7) is 3.17. The van der Waals surface area contributed by atoms with Crippen LogP contribution in [0.15, 0.2) is 58.8 Å². The fourth-order valence-electron chi connectivity index (χ4n) is 3.74. The summed E-state index contributed by atoms with van der Waals surface area (Å²) in [6.07, 6.45) is 2.05. The van der Waals surface area contributed by atoms with Crippen LogP contribution in [0.2, 0.25) is 5.02 Å². The third-order valence-electron chi connectivity index (χ3n) is 5.39. The topological polar surface area (TPSA) is 79.4 Å². The molecular formula is C23H24ClN3O3S2. The number of nitrogens with zero attached hydrogens (tertiary/aromatic N) is 2. The summed E-state index contributed by atoms with van der Waals surface area (Å²) < 4.78 is 27.3. The number of aromatic nitrogens is 1. The Morgan fingerprint density at radius 2 is 1.97 bits per heavy atom. The van der Waals surface area contributed by atoms with Gasteiger partial charge in [-0.25, -0.2) is 13.4 Å². The maximum absolute atomic E-state index is 12.9. The van der Waals surface area contributed by atoms with Crippen molar-refractivity contribution in [1.82, 2.24) is 9.29 Å². The molecule has 0 saturated carbocycles. The van der Waals surface area contributed by atoms with E-state index in [1.54, 1.807) is 34.6 Å². The van der Waals surface area contributed by atoms with Gasteiger partial charge in [0.15, 0.2) is 0 Å².